The average molecular weight is 257 g/mol. The monoisotopic (exact) mass is 257 g/mol. The number of methoxy groups -OCH3 is 1. The number of ether oxygens (including phenoxy) is 2. The van der Waals surface area contributed by atoms with Crippen molar-refractivity contribution in [2.45, 2.75) is 70.6 Å². The summed E-state index contributed by atoms with van der Waals surface area (Å²) in [5.74, 6) is -0.187. The highest BCUT2D eigenvalue weighted by Crippen LogP contribution is 2.46. The summed E-state index contributed by atoms with van der Waals surface area (Å²) in [7, 11) is 1.43. The number of carbonyl (C=O) groups excluding carboxylic acids is 1. The van der Waals surface area contributed by atoms with E-state index in [9.17, 15) is 4.79 Å². The van der Waals surface area contributed by atoms with Gasteiger partial charge in [-0.15, -0.1) is 0 Å². The number of carbonyl (C=O) groups is 1. The summed E-state index contributed by atoms with van der Waals surface area (Å²) in [6.45, 7) is 11.2. The second-order valence-electron chi connectivity index (χ2n) is 6.31. The molecule has 0 amide bonds. The summed E-state index contributed by atoms with van der Waals surface area (Å²) >= 11 is 0. The zero-order chi connectivity index (χ0) is 14.0. The lowest BCUT2D eigenvalue weighted by molar-refractivity contribution is -0.145. The molecule has 4 nitrogen and oxygen atoms in total. The number of nitrogens with one attached hydrogen (secondary N) is 1. The van der Waals surface area contributed by atoms with Crippen molar-refractivity contribution >= 4 is 5.97 Å². The minimum Gasteiger partial charge on any atom is -0.469 e. The van der Waals surface area contributed by atoms with Crippen LogP contribution in [0.3, 0.4) is 0 Å². The van der Waals surface area contributed by atoms with Gasteiger partial charge in [0.15, 0.2) is 0 Å². The average Bonchev–Trinajstić information content (AvgIpc) is 2.40. The van der Waals surface area contributed by atoms with Crippen LogP contribution in [0.25, 0.3) is 0 Å². The first-order chi connectivity index (χ1) is 8.18. The molecule has 0 aromatic heterocycles. The molecule has 1 saturated heterocycles. The van der Waals surface area contributed by atoms with E-state index in [1.54, 1.807) is 0 Å². The quantitative estimate of drug-likeness (QED) is 0.768. The molecule has 1 aliphatic heterocycles. The van der Waals surface area contributed by atoms with Crippen molar-refractivity contribution < 1.29 is 14.3 Å². The molecule has 0 aromatic carbocycles. The fourth-order valence-electron chi connectivity index (χ4n) is 3.06. The topological polar surface area (TPSA) is 47.6 Å². The van der Waals surface area contributed by atoms with E-state index in [0.717, 1.165) is 19.4 Å². The number of hydrogen-bond acceptors (Lipinski definition) is 4. The summed E-state index contributed by atoms with van der Waals surface area (Å²) in [5.41, 5.74) is -0.961. The van der Waals surface area contributed by atoms with Crippen LogP contribution >= 0.6 is 0 Å². The molecule has 106 valence electrons. The van der Waals surface area contributed by atoms with Gasteiger partial charge in [0.25, 0.3) is 0 Å². The molecule has 1 unspecified atom stereocenters. The van der Waals surface area contributed by atoms with Crippen LogP contribution in [0.5, 0.6) is 0 Å². The fraction of sp³-hybridized carbons (Fsp3) is 0.929. The summed E-state index contributed by atoms with van der Waals surface area (Å²) in [6.07, 6.45) is 2.18. The highest BCUT2D eigenvalue weighted by Gasteiger charge is 2.57. The van der Waals surface area contributed by atoms with Crippen molar-refractivity contribution in [1.82, 2.24) is 5.32 Å². The highest BCUT2D eigenvalue weighted by atomic mass is 16.5. The van der Waals surface area contributed by atoms with Crippen LogP contribution in [0.15, 0.2) is 0 Å². The molecule has 1 heterocycles. The lowest BCUT2D eigenvalue weighted by atomic mass is 9.76. The van der Waals surface area contributed by atoms with Crippen molar-refractivity contribution in [1.29, 1.82) is 0 Å². The maximum atomic E-state index is 11.7. The predicted molar refractivity (Wildman–Crippen MR) is 71.5 cm³/mol. The molecule has 0 aliphatic carbocycles. The Labute approximate surface area is 110 Å². The minimum absolute atomic E-state index is 0.187. The van der Waals surface area contributed by atoms with Crippen LogP contribution in [-0.4, -0.2) is 36.4 Å². The van der Waals surface area contributed by atoms with E-state index in [-0.39, 0.29) is 22.7 Å². The van der Waals surface area contributed by atoms with E-state index < -0.39 is 0 Å². The van der Waals surface area contributed by atoms with Crippen LogP contribution in [0.4, 0.5) is 0 Å². The number of esters is 1. The molecule has 0 aromatic rings. The molecular weight excluding hydrogens is 230 g/mol. The first-order valence-corrected chi connectivity index (χ1v) is 6.70. The van der Waals surface area contributed by atoms with Gasteiger partial charge in [0.1, 0.15) is 0 Å². The zero-order valence-electron chi connectivity index (χ0n) is 12.6. The Hall–Kier alpha value is -0.610. The molecule has 1 fully saturated rings. The largest absolute Gasteiger partial charge is 0.469 e. The van der Waals surface area contributed by atoms with E-state index >= 15 is 0 Å². The van der Waals surface area contributed by atoms with Crippen LogP contribution in [0, 0.1) is 0 Å². The maximum Gasteiger partial charge on any atom is 0.307 e. The molecule has 0 bridgehead atoms. The van der Waals surface area contributed by atoms with Crippen molar-refractivity contribution in [3.63, 3.8) is 0 Å². The molecule has 1 aliphatic rings. The van der Waals surface area contributed by atoms with Gasteiger partial charge in [-0.3, -0.25) is 4.79 Å². The summed E-state index contributed by atoms with van der Waals surface area (Å²) in [6, 6.07) is 0. The van der Waals surface area contributed by atoms with Crippen LogP contribution in [-0.2, 0) is 14.3 Å². The zero-order valence-corrected chi connectivity index (χ0v) is 12.6. The van der Waals surface area contributed by atoms with Gasteiger partial charge < -0.3 is 14.8 Å². The molecule has 0 radical (unpaired) electrons. The molecular formula is C14H27NO3. The lowest BCUT2D eigenvalue weighted by Gasteiger charge is -2.40. The number of rotatable bonds is 5. The van der Waals surface area contributed by atoms with Crippen LogP contribution in [0.1, 0.15) is 53.9 Å². The lowest BCUT2D eigenvalue weighted by Crippen LogP contribution is -2.58. The van der Waals surface area contributed by atoms with Gasteiger partial charge in [-0.1, -0.05) is 6.92 Å². The summed E-state index contributed by atoms with van der Waals surface area (Å²) in [5, 5.41) is 3.53. The van der Waals surface area contributed by atoms with Gasteiger partial charge in [-0.05, 0) is 47.1 Å². The van der Waals surface area contributed by atoms with E-state index in [2.05, 4.69) is 26.1 Å². The Morgan fingerprint density at radius 3 is 2.33 bits per heavy atom. The van der Waals surface area contributed by atoms with Gasteiger partial charge in [0, 0.05) is 0 Å². The highest BCUT2D eigenvalue weighted by molar-refractivity contribution is 5.71. The van der Waals surface area contributed by atoms with Gasteiger partial charge in [0.2, 0.25) is 0 Å². The van der Waals surface area contributed by atoms with Crippen molar-refractivity contribution in [3.8, 4) is 0 Å². The van der Waals surface area contributed by atoms with Crippen LogP contribution < -0.4 is 5.32 Å². The standard InChI is InChI=1S/C14H27NO3/c1-7-8-15-14(9-11(16)17-6)10-12(2,3)18-13(14,4)5/h15H,7-10H2,1-6H3. The fourth-order valence-corrected chi connectivity index (χ4v) is 3.06. The van der Waals surface area contributed by atoms with Gasteiger partial charge in [0.05, 0.1) is 30.3 Å². The van der Waals surface area contributed by atoms with E-state index in [1.165, 1.54) is 7.11 Å². The van der Waals surface area contributed by atoms with Crippen molar-refractivity contribution in [3.05, 3.63) is 0 Å². The smallest absolute Gasteiger partial charge is 0.307 e. The Kier molecular flexibility index (Phi) is 4.44. The van der Waals surface area contributed by atoms with Crippen molar-refractivity contribution in [2.24, 2.45) is 0 Å². The third kappa shape index (κ3) is 3.04. The normalized spacial score (nSPS) is 29.2. The molecule has 18 heavy (non-hydrogen) atoms. The SMILES string of the molecule is CCCNC1(CC(=O)OC)CC(C)(C)OC1(C)C. The Morgan fingerprint density at radius 2 is 1.94 bits per heavy atom. The summed E-state index contributed by atoms with van der Waals surface area (Å²) in [4.78, 5) is 11.7. The van der Waals surface area contributed by atoms with Crippen LogP contribution in [0.2, 0.25) is 0 Å². The molecule has 1 atom stereocenters. The van der Waals surface area contributed by atoms with Gasteiger partial charge in [-0.2, -0.15) is 0 Å². The Morgan fingerprint density at radius 1 is 1.33 bits per heavy atom. The minimum atomic E-state index is -0.389. The Bertz CT molecular complexity index is 312. The van der Waals surface area contributed by atoms with Gasteiger partial charge >= 0.3 is 5.97 Å². The van der Waals surface area contributed by atoms with E-state index in [4.69, 9.17) is 9.47 Å². The first-order valence-electron chi connectivity index (χ1n) is 6.70. The van der Waals surface area contributed by atoms with Crippen molar-refractivity contribution in [2.75, 3.05) is 13.7 Å². The second-order valence-corrected chi connectivity index (χ2v) is 6.31. The van der Waals surface area contributed by atoms with Gasteiger partial charge in [-0.25, -0.2) is 0 Å². The molecule has 1 rings (SSSR count). The molecule has 0 spiro atoms. The second kappa shape index (κ2) is 5.17. The molecule has 1 N–H and O–H groups in total. The third-order valence-corrected chi connectivity index (χ3v) is 3.80. The molecule has 4 heteroatoms. The number of hydrogen-bond donors (Lipinski definition) is 1. The Balaban J connectivity index is 2.99. The third-order valence-electron chi connectivity index (χ3n) is 3.80. The maximum absolute atomic E-state index is 11.7. The molecule has 0 saturated carbocycles. The van der Waals surface area contributed by atoms with E-state index in [1.807, 2.05) is 13.8 Å². The van der Waals surface area contributed by atoms with E-state index in [0.29, 0.717) is 6.42 Å². The first kappa shape index (κ1) is 15.4. The summed E-state index contributed by atoms with van der Waals surface area (Å²) < 4.78 is 11.0. The predicted octanol–water partition coefficient (Wildman–Crippen LogP) is 2.27.